The van der Waals surface area contributed by atoms with Crippen molar-refractivity contribution in [3.63, 3.8) is 0 Å². The Balaban J connectivity index is 2.91. The molecule has 7 nitrogen and oxygen atoms in total. The molecule has 0 fully saturated rings. The fourth-order valence-corrected chi connectivity index (χ4v) is 2.97. The Labute approximate surface area is 162 Å². The summed E-state index contributed by atoms with van der Waals surface area (Å²) in [5.41, 5.74) is 0.597. The van der Waals surface area contributed by atoms with E-state index < -0.39 is 24.7 Å². The number of ether oxygens (including phenoxy) is 2. The monoisotopic (exact) mass is 407 g/mol. The summed E-state index contributed by atoms with van der Waals surface area (Å²) in [5, 5.41) is 13.5. The standard InChI is InChI=1S/C17H27F2N3O4S/c1-6-9(3)8-12(11(5)26-16(18)19)10(4)14(23)21-17-20-13(22-27-17)15(24)25-7-2/h9-10,14,16,23H,6-8H2,1-5H3,(H,20,21,22). The Morgan fingerprint density at radius 1 is 1.33 bits per heavy atom. The van der Waals surface area contributed by atoms with Crippen LogP contribution in [0.5, 0.6) is 0 Å². The Bertz CT molecular complexity index is 639. The first-order chi connectivity index (χ1) is 12.7. The third kappa shape index (κ3) is 7.37. The number of allylic oxidation sites excluding steroid dienone is 1. The van der Waals surface area contributed by atoms with Crippen molar-refractivity contribution in [2.75, 3.05) is 11.9 Å². The molecule has 0 bridgehead atoms. The lowest BCUT2D eigenvalue weighted by molar-refractivity contribution is -0.0975. The number of carbonyl (C=O) groups is 1. The molecule has 1 heterocycles. The van der Waals surface area contributed by atoms with Crippen LogP contribution < -0.4 is 5.32 Å². The first kappa shape index (κ1) is 23.2. The number of nitrogens with one attached hydrogen (secondary N) is 1. The fraction of sp³-hybridized carbons (Fsp3) is 0.706. The van der Waals surface area contributed by atoms with E-state index in [9.17, 15) is 18.7 Å². The summed E-state index contributed by atoms with van der Waals surface area (Å²) in [6, 6.07) is 0. The van der Waals surface area contributed by atoms with Gasteiger partial charge in [0.25, 0.3) is 5.82 Å². The van der Waals surface area contributed by atoms with Crippen molar-refractivity contribution < 1.29 is 28.2 Å². The Hall–Kier alpha value is -1.81. The second-order valence-corrected chi connectivity index (χ2v) is 6.95. The highest BCUT2D eigenvalue weighted by Gasteiger charge is 2.25. The van der Waals surface area contributed by atoms with Gasteiger partial charge in [-0.1, -0.05) is 27.2 Å². The molecule has 154 valence electrons. The molecule has 0 saturated heterocycles. The highest BCUT2D eigenvalue weighted by atomic mass is 32.1. The van der Waals surface area contributed by atoms with Gasteiger partial charge in [0.15, 0.2) is 0 Å². The summed E-state index contributed by atoms with van der Waals surface area (Å²) < 4.78 is 38.5. The van der Waals surface area contributed by atoms with Crippen LogP contribution in [0.1, 0.15) is 58.1 Å². The molecular formula is C17H27F2N3O4S. The van der Waals surface area contributed by atoms with E-state index in [-0.39, 0.29) is 29.2 Å². The van der Waals surface area contributed by atoms with Crippen LogP contribution in [-0.4, -0.2) is 39.9 Å². The second kappa shape index (κ2) is 11.1. The molecule has 10 heteroatoms. The van der Waals surface area contributed by atoms with Gasteiger partial charge in [0.05, 0.1) is 12.4 Å². The fourth-order valence-electron chi connectivity index (χ4n) is 2.38. The molecular weight excluding hydrogens is 380 g/mol. The van der Waals surface area contributed by atoms with Gasteiger partial charge in [-0.25, -0.2) is 4.79 Å². The summed E-state index contributed by atoms with van der Waals surface area (Å²) >= 11 is 0.898. The van der Waals surface area contributed by atoms with Crippen LogP contribution in [0, 0.1) is 11.8 Å². The third-order valence-electron chi connectivity index (χ3n) is 4.16. The van der Waals surface area contributed by atoms with E-state index in [2.05, 4.69) is 19.4 Å². The van der Waals surface area contributed by atoms with Crippen LogP contribution in [0.3, 0.4) is 0 Å². The summed E-state index contributed by atoms with van der Waals surface area (Å²) in [5.74, 6) is -0.932. The van der Waals surface area contributed by atoms with E-state index in [0.29, 0.717) is 12.0 Å². The second-order valence-electron chi connectivity index (χ2n) is 6.20. The molecule has 2 N–H and O–H groups in total. The number of rotatable bonds is 11. The van der Waals surface area contributed by atoms with Crippen molar-refractivity contribution >= 4 is 22.6 Å². The number of alkyl halides is 2. The predicted octanol–water partition coefficient (Wildman–Crippen LogP) is 4.03. The van der Waals surface area contributed by atoms with E-state index in [1.807, 2.05) is 13.8 Å². The zero-order valence-electron chi connectivity index (χ0n) is 16.2. The van der Waals surface area contributed by atoms with Gasteiger partial charge in [-0.3, -0.25) is 0 Å². The van der Waals surface area contributed by atoms with E-state index in [0.717, 1.165) is 18.0 Å². The Morgan fingerprint density at radius 3 is 2.56 bits per heavy atom. The predicted molar refractivity (Wildman–Crippen MR) is 98.5 cm³/mol. The van der Waals surface area contributed by atoms with Crippen LogP contribution in [0.15, 0.2) is 11.3 Å². The van der Waals surface area contributed by atoms with Crippen molar-refractivity contribution in [3.05, 3.63) is 17.2 Å². The van der Waals surface area contributed by atoms with Gasteiger partial charge in [-0.05, 0) is 31.8 Å². The maximum Gasteiger partial charge on any atom is 0.387 e. The number of halogens is 2. The van der Waals surface area contributed by atoms with Crippen LogP contribution in [0.2, 0.25) is 0 Å². The minimum Gasteiger partial charge on any atom is -0.460 e. The summed E-state index contributed by atoms with van der Waals surface area (Å²) in [7, 11) is 0. The number of hydrogen-bond donors (Lipinski definition) is 2. The number of esters is 1. The Morgan fingerprint density at radius 2 is 2.00 bits per heavy atom. The molecule has 0 aliphatic carbocycles. The van der Waals surface area contributed by atoms with Gasteiger partial charge in [0, 0.05) is 17.5 Å². The van der Waals surface area contributed by atoms with Crippen LogP contribution >= 0.6 is 11.5 Å². The lowest BCUT2D eigenvalue weighted by atomic mass is 9.89. The summed E-state index contributed by atoms with van der Waals surface area (Å²) in [6.45, 7) is 6.13. The normalized spacial score (nSPS) is 15.7. The van der Waals surface area contributed by atoms with Crippen molar-refractivity contribution in [1.82, 2.24) is 9.36 Å². The summed E-state index contributed by atoms with van der Waals surface area (Å²) in [6.07, 6.45) is 0.253. The molecule has 0 amide bonds. The minimum absolute atomic E-state index is 0.100. The van der Waals surface area contributed by atoms with Gasteiger partial charge in [-0.2, -0.15) is 18.1 Å². The van der Waals surface area contributed by atoms with Gasteiger partial charge in [0.2, 0.25) is 5.13 Å². The molecule has 1 aromatic rings. The number of carbonyl (C=O) groups excluding carboxylic acids is 1. The number of hydrogen-bond acceptors (Lipinski definition) is 8. The lowest BCUT2D eigenvalue weighted by Crippen LogP contribution is -2.29. The van der Waals surface area contributed by atoms with E-state index in [4.69, 9.17) is 4.74 Å². The quantitative estimate of drug-likeness (QED) is 0.325. The topological polar surface area (TPSA) is 93.6 Å². The molecule has 0 saturated carbocycles. The van der Waals surface area contributed by atoms with Crippen LogP contribution in [-0.2, 0) is 9.47 Å². The molecule has 3 unspecified atom stereocenters. The smallest absolute Gasteiger partial charge is 0.387 e. The lowest BCUT2D eigenvalue weighted by Gasteiger charge is -2.26. The molecule has 0 aromatic carbocycles. The van der Waals surface area contributed by atoms with Crippen LogP contribution in [0.25, 0.3) is 0 Å². The maximum absolute atomic E-state index is 12.6. The molecule has 0 aliphatic heterocycles. The number of aliphatic hydroxyl groups excluding tert-OH is 1. The van der Waals surface area contributed by atoms with Crippen molar-refractivity contribution in [2.45, 2.75) is 60.3 Å². The number of nitrogens with zero attached hydrogens (tertiary/aromatic N) is 2. The van der Waals surface area contributed by atoms with Crippen LogP contribution in [0.4, 0.5) is 13.9 Å². The molecule has 1 aromatic heterocycles. The van der Waals surface area contributed by atoms with Gasteiger partial charge >= 0.3 is 12.6 Å². The zero-order chi connectivity index (χ0) is 20.6. The third-order valence-corrected chi connectivity index (χ3v) is 4.81. The molecule has 3 atom stereocenters. The molecule has 0 aliphatic rings. The first-order valence-corrected chi connectivity index (χ1v) is 9.56. The highest BCUT2D eigenvalue weighted by molar-refractivity contribution is 7.09. The Kier molecular flexibility index (Phi) is 9.57. The van der Waals surface area contributed by atoms with Gasteiger partial charge in [-0.15, -0.1) is 0 Å². The molecule has 0 radical (unpaired) electrons. The minimum atomic E-state index is -2.93. The molecule has 0 spiro atoms. The number of anilines is 1. The summed E-state index contributed by atoms with van der Waals surface area (Å²) in [4.78, 5) is 15.6. The number of aliphatic hydroxyl groups is 1. The van der Waals surface area contributed by atoms with E-state index in [1.165, 1.54) is 6.92 Å². The van der Waals surface area contributed by atoms with Gasteiger partial charge in [0.1, 0.15) is 6.23 Å². The zero-order valence-corrected chi connectivity index (χ0v) is 17.0. The number of aromatic nitrogens is 2. The molecule has 1 rings (SSSR count). The average Bonchev–Trinajstić information content (AvgIpc) is 3.06. The van der Waals surface area contributed by atoms with E-state index in [1.54, 1.807) is 13.8 Å². The molecule has 27 heavy (non-hydrogen) atoms. The van der Waals surface area contributed by atoms with Crippen molar-refractivity contribution in [3.8, 4) is 0 Å². The SMILES string of the molecule is CCOC(=O)c1nsc(NC(O)C(C)C(CC(C)CC)=C(C)OC(F)F)n1. The van der Waals surface area contributed by atoms with Gasteiger partial charge < -0.3 is 19.9 Å². The highest BCUT2D eigenvalue weighted by Crippen LogP contribution is 2.29. The maximum atomic E-state index is 12.6. The largest absolute Gasteiger partial charge is 0.460 e. The van der Waals surface area contributed by atoms with Crippen molar-refractivity contribution in [1.29, 1.82) is 0 Å². The first-order valence-electron chi connectivity index (χ1n) is 8.79. The average molecular weight is 407 g/mol. The van der Waals surface area contributed by atoms with E-state index >= 15 is 0 Å². The van der Waals surface area contributed by atoms with Crippen molar-refractivity contribution in [2.24, 2.45) is 11.8 Å².